The summed E-state index contributed by atoms with van der Waals surface area (Å²) in [5, 5.41) is 0.762. The molecule has 0 aliphatic carbocycles. The standard InChI is InChI=1S/C18H21N5O2S/c1-26-15-13(3-2-7-20-15)16(24)23-8-5-18(6-9-23)14-12(4-10-25-18)11-21-17(19)22-14/h2-3,7,11H,4-6,8-10H2,1H3,(H2,19,21,22). The van der Waals surface area contributed by atoms with Gasteiger partial charge in [0, 0.05) is 25.5 Å². The van der Waals surface area contributed by atoms with E-state index in [9.17, 15) is 4.79 Å². The van der Waals surface area contributed by atoms with Crippen LogP contribution in [0.4, 0.5) is 5.95 Å². The summed E-state index contributed by atoms with van der Waals surface area (Å²) in [5.41, 5.74) is 8.00. The maximum Gasteiger partial charge on any atom is 0.256 e. The van der Waals surface area contributed by atoms with Gasteiger partial charge in [0.15, 0.2) is 0 Å². The third kappa shape index (κ3) is 2.93. The number of anilines is 1. The van der Waals surface area contributed by atoms with Gasteiger partial charge in [0.1, 0.15) is 10.6 Å². The summed E-state index contributed by atoms with van der Waals surface area (Å²) in [6.07, 6.45) is 7.66. The molecule has 2 aliphatic heterocycles. The zero-order valence-corrected chi connectivity index (χ0v) is 15.5. The van der Waals surface area contributed by atoms with Gasteiger partial charge in [-0.3, -0.25) is 4.79 Å². The second-order valence-corrected chi connectivity index (χ2v) is 7.34. The first-order chi connectivity index (χ1) is 12.6. The fraction of sp³-hybridized carbons (Fsp3) is 0.444. The Morgan fingerprint density at radius 1 is 1.35 bits per heavy atom. The van der Waals surface area contributed by atoms with E-state index in [1.807, 2.05) is 17.2 Å². The molecule has 1 fully saturated rings. The molecule has 0 radical (unpaired) electrons. The van der Waals surface area contributed by atoms with Gasteiger partial charge in [-0.2, -0.15) is 0 Å². The van der Waals surface area contributed by atoms with Gasteiger partial charge in [-0.25, -0.2) is 15.0 Å². The van der Waals surface area contributed by atoms with E-state index in [1.54, 1.807) is 18.5 Å². The number of amides is 1. The topological polar surface area (TPSA) is 94.2 Å². The van der Waals surface area contributed by atoms with Crippen LogP contribution in [0.15, 0.2) is 29.6 Å². The smallest absolute Gasteiger partial charge is 0.256 e. The molecule has 7 nitrogen and oxygen atoms in total. The Kier molecular flexibility index (Phi) is 4.54. The molecule has 1 spiro atoms. The third-order valence-electron chi connectivity index (χ3n) is 5.12. The van der Waals surface area contributed by atoms with E-state index in [2.05, 4.69) is 15.0 Å². The average Bonchev–Trinajstić information content (AvgIpc) is 2.69. The number of carbonyl (C=O) groups is 1. The number of piperidine rings is 1. The van der Waals surface area contributed by atoms with Gasteiger partial charge in [-0.05, 0) is 43.2 Å². The number of nitrogen functional groups attached to an aromatic ring is 1. The molecular formula is C18H21N5O2S. The maximum absolute atomic E-state index is 12.9. The van der Waals surface area contributed by atoms with E-state index in [0.29, 0.717) is 38.1 Å². The van der Waals surface area contributed by atoms with Crippen LogP contribution in [0, 0.1) is 0 Å². The Morgan fingerprint density at radius 3 is 2.92 bits per heavy atom. The predicted molar refractivity (Wildman–Crippen MR) is 98.9 cm³/mol. The lowest BCUT2D eigenvalue weighted by Gasteiger charge is -2.44. The summed E-state index contributed by atoms with van der Waals surface area (Å²) in [5.74, 6) is 0.294. The summed E-state index contributed by atoms with van der Waals surface area (Å²) in [4.78, 5) is 27.7. The molecule has 0 aromatic carbocycles. The molecule has 1 amide bonds. The van der Waals surface area contributed by atoms with Gasteiger partial charge in [0.05, 0.1) is 17.9 Å². The Morgan fingerprint density at radius 2 is 2.15 bits per heavy atom. The number of carbonyl (C=O) groups excluding carboxylic acids is 1. The zero-order chi connectivity index (χ0) is 18.1. The number of thioether (sulfide) groups is 1. The van der Waals surface area contributed by atoms with Gasteiger partial charge < -0.3 is 15.4 Å². The molecule has 2 aliphatic rings. The maximum atomic E-state index is 12.9. The van der Waals surface area contributed by atoms with Crippen molar-refractivity contribution in [2.45, 2.75) is 29.9 Å². The lowest BCUT2D eigenvalue weighted by Crippen LogP contribution is -2.49. The van der Waals surface area contributed by atoms with E-state index < -0.39 is 5.60 Å². The van der Waals surface area contributed by atoms with Gasteiger partial charge in [-0.1, -0.05) is 0 Å². The minimum atomic E-state index is -0.460. The fourth-order valence-electron chi connectivity index (χ4n) is 3.76. The molecule has 0 unspecified atom stereocenters. The average molecular weight is 371 g/mol. The molecule has 2 N–H and O–H groups in total. The van der Waals surface area contributed by atoms with Crippen LogP contribution in [-0.2, 0) is 16.8 Å². The minimum Gasteiger partial charge on any atom is -0.368 e. The first-order valence-corrected chi connectivity index (χ1v) is 9.89. The molecule has 0 bridgehead atoms. The van der Waals surface area contributed by atoms with Crippen LogP contribution in [0.1, 0.15) is 34.5 Å². The van der Waals surface area contributed by atoms with E-state index >= 15 is 0 Å². The van der Waals surface area contributed by atoms with Crippen molar-refractivity contribution in [3.05, 3.63) is 41.3 Å². The number of ether oxygens (including phenoxy) is 1. The van der Waals surface area contributed by atoms with Crippen LogP contribution < -0.4 is 5.73 Å². The second-order valence-electron chi connectivity index (χ2n) is 6.55. The molecule has 26 heavy (non-hydrogen) atoms. The van der Waals surface area contributed by atoms with Crippen molar-refractivity contribution in [2.75, 3.05) is 31.7 Å². The zero-order valence-electron chi connectivity index (χ0n) is 14.6. The van der Waals surface area contributed by atoms with Crippen LogP contribution in [0.3, 0.4) is 0 Å². The number of nitrogens with two attached hydrogens (primary N) is 1. The molecule has 0 saturated carbocycles. The summed E-state index contributed by atoms with van der Waals surface area (Å²) in [6, 6.07) is 3.64. The van der Waals surface area contributed by atoms with Crippen molar-refractivity contribution >= 4 is 23.6 Å². The highest BCUT2D eigenvalue weighted by atomic mass is 32.2. The van der Waals surface area contributed by atoms with Crippen LogP contribution >= 0.6 is 11.8 Å². The van der Waals surface area contributed by atoms with Gasteiger partial charge >= 0.3 is 0 Å². The highest BCUT2D eigenvalue weighted by molar-refractivity contribution is 7.98. The Balaban J connectivity index is 1.55. The van der Waals surface area contributed by atoms with Crippen molar-refractivity contribution in [3.8, 4) is 0 Å². The second kappa shape index (κ2) is 6.85. The number of rotatable bonds is 2. The van der Waals surface area contributed by atoms with Crippen molar-refractivity contribution in [3.63, 3.8) is 0 Å². The third-order valence-corrected chi connectivity index (χ3v) is 5.83. The SMILES string of the molecule is CSc1ncccc1C(=O)N1CCC2(CC1)OCCc1cnc(N)nc12. The monoisotopic (exact) mass is 371 g/mol. The summed E-state index contributed by atoms with van der Waals surface area (Å²) in [6.45, 7) is 1.88. The van der Waals surface area contributed by atoms with E-state index in [1.165, 1.54) is 11.8 Å². The lowest BCUT2D eigenvalue weighted by molar-refractivity contribution is -0.0967. The van der Waals surface area contributed by atoms with Gasteiger partial charge in [0.25, 0.3) is 5.91 Å². The summed E-state index contributed by atoms with van der Waals surface area (Å²) < 4.78 is 6.17. The van der Waals surface area contributed by atoms with Crippen molar-refractivity contribution < 1.29 is 9.53 Å². The van der Waals surface area contributed by atoms with Crippen LogP contribution in [0.2, 0.25) is 0 Å². The van der Waals surface area contributed by atoms with E-state index in [4.69, 9.17) is 10.5 Å². The van der Waals surface area contributed by atoms with Crippen molar-refractivity contribution in [1.82, 2.24) is 19.9 Å². The molecule has 0 atom stereocenters. The normalized spacial score (nSPS) is 18.6. The number of hydrogen-bond acceptors (Lipinski definition) is 7. The fourth-order valence-corrected chi connectivity index (χ4v) is 4.30. The summed E-state index contributed by atoms with van der Waals surface area (Å²) in [7, 11) is 0. The van der Waals surface area contributed by atoms with Gasteiger partial charge in [-0.15, -0.1) is 11.8 Å². The number of nitrogens with zero attached hydrogens (tertiary/aromatic N) is 4. The van der Waals surface area contributed by atoms with Crippen LogP contribution in [0.25, 0.3) is 0 Å². The Labute approximate surface area is 156 Å². The molecule has 4 rings (SSSR count). The van der Waals surface area contributed by atoms with Crippen LogP contribution in [0.5, 0.6) is 0 Å². The van der Waals surface area contributed by atoms with E-state index in [-0.39, 0.29) is 11.9 Å². The highest BCUT2D eigenvalue weighted by Gasteiger charge is 2.43. The van der Waals surface area contributed by atoms with Gasteiger partial charge in [0.2, 0.25) is 5.95 Å². The molecule has 8 heteroatoms. The Hall–Kier alpha value is -2.19. The molecule has 2 aromatic rings. The molecular weight excluding hydrogens is 350 g/mol. The predicted octanol–water partition coefficient (Wildman–Crippen LogP) is 1.88. The number of likely N-dealkylation sites (tertiary alicyclic amines) is 1. The lowest BCUT2D eigenvalue weighted by atomic mass is 9.83. The first kappa shape index (κ1) is 17.2. The van der Waals surface area contributed by atoms with Crippen LogP contribution in [-0.4, -0.2) is 51.7 Å². The Bertz CT molecular complexity index is 836. The number of pyridine rings is 1. The number of fused-ring (bicyclic) bond motifs is 2. The largest absolute Gasteiger partial charge is 0.368 e. The van der Waals surface area contributed by atoms with Crippen molar-refractivity contribution in [2.24, 2.45) is 0 Å². The van der Waals surface area contributed by atoms with Crippen molar-refractivity contribution in [1.29, 1.82) is 0 Å². The molecule has 4 heterocycles. The minimum absolute atomic E-state index is 0.0236. The molecule has 136 valence electrons. The quantitative estimate of drug-likeness (QED) is 0.806. The molecule has 1 saturated heterocycles. The number of hydrogen-bond donors (Lipinski definition) is 1. The highest BCUT2D eigenvalue weighted by Crippen LogP contribution is 2.40. The summed E-state index contributed by atoms with van der Waals surface area (Å²) >= 11 is 1.49. The molecule has 2 aromatic heterocycles. The van der Waals surface area contributed by atoms with E-state index in [0.717, 1.165) is 22.7 Å². The first-order valence-electron chi connectivity index (χ1n) is 8.67. The number of aromatic nitrogens is 3.